The average Bonchev–Trinajstić information content (AvgIpc) is 3.26. The van der Waals surface area contributed by atoms with Gasteiger partial charge in [-0.05, 0) is 36.4 Å². The molecule has 0 aliphatic heterocycles. The summed E-state index contributed by atoms with van der Waals surface area (Å²) in [6, 6.07) is 13.0. The first-order valence-corrected chi connectivity index (χ1v) is 9.98. The van der Waals surface area contributed by atoms with Gasteiger partial charge < -0.3 is 10.6 Å². The first kappa shape index (κ1) is 23.3. The minimum Gasteiger partial charge on any atom is -0.354 e. The molecule has 4 N–H and O–H groups in total. The molecule has 0 radical (unpaired) electrons. The minimum atomic E-state index is -0.359. The number of hydrogen-bond acceptors (Lipinski definition) is 5. The molecule has 1 heterocycles. The van der Waals surface area contributed by atoms with E-state index in [1.807, 2.05) is 41.8 Å². The standard InChI is InChI=1S/C14H20N2O3.C6H7NOS/c17-13(15-12-8-4-3-5-9-12)10-6-1-2-7-11-14(18)16-19;1-7-6(8)5-3-2-4-9-5/h3-5,8-9,19H,1-2,6-7,10-11H2,(H,15,17)(H,16,18);2-4H,1H3,(H,7,8). The lowest BCUT2D eigenvalue weighted by atomic mass is 10.1. The lowest BCUT2D eigenvalue weighted by Crippen LogP contribution is -2.17. The van der Waals surface area contributed by atoms with Crippen LogP contribution in [0.5, 0.6) is 0 Å². The van der Waals surface area contributed by atoms with E-state index in [4.69, 9.17) is 5.21 Å². The average molecular weight is 406 g/mol. The minimum absolute atomic E-state index is 0.00926. The van der Waals surface area contributed by atoms with Gasteiger partial charge in [0.15, 0.2) is 0 Å². The molecule has 1 aromatic heterocycles. The third-order valence-corrected chi connectivity index (χ3v) is 4.58. The van der Waals surface area contributed by atoms with Gasteiger partial charge in [0.2, 0.25) is 11.8 Å². The van der Waals surface area contributed by atoms with Crippen molar-refractivity contribution < 1.29 is 19.6 Å². The molecular formula is C20H27N3O4S. The van der Waals surface area contributed by atoms with E-state index in [1.54, 1.807) is 18.6 Å². The van der Waals surface area contributed by atoms with E-state index < -0.39 is 0 Å². The molecule has 0 spiro atoms. The molecule has 0 aliphatic rings. The number of unbranched alkanes of at least 4 members (excludes halogenated alkanes) is 3. The maximum absolute atomic E-state index is 11.6. The van der Waals surface area contributed by atoms with Gasteiger partial charge >= 0.3 is 0 Å². The fourth-order valence-electron chi connectivity index (χ4n) is 2.26. The summed E-state index contributed by atoms with van der Waals surface area (Å²) in [5.41, 5.74) is 2.41. The first-order valence-electron chi connectivity index (χ1n) is 9.10. The molecule has 0 saturated heterocycles. The highest BCUT2D eigenvalue weighted by Gasteiger charge is 2.03. The number of benzene rings is 1. The highest BCUT2D eigenvalue weighted by atomic mass is 32.1. The summed E-state index contributed by atoms with van der Waals surface area (Å²) >= 11 is 1.44. The van der Waals surface area contributed by atoms with Gasteiger partial charge in [-0.2, -0.15) is 0 Å². The first-order chi connectivity index (χ1) is 13.6. The number of carbonyl (C=O) groups is 3. The molecule has 8 heteroatoms. The Hall–Kier alpha value is -2.71. The van der Waals surface area contributed by atoms with Crippen molar-refractivity contribution in [2.75, 3.05) is 12.4 Å². The van der Waals surface area contributed by atoms with Gasteiger partial charge in [-0.25, -0.2) is 5.48 Å². The summed E-state index contributed by atoms with van der Waals surface area (Å²) in [7, 11) is 1.63. The van der Waals surface area contributed by atoms with E-state index in [9.17, 15) is 14.4 Å². The Kier molecular flexibility index (Phi) is 12.0. The van der Waals surface area contributed by atoms with Crippen molar-refractivity contribution in [3.05, 3.63) is 52.7 Å². The van der Waals surface area contributed by atoms with Crippen LogP contribution in [0.2, 0.25) is 0 Å². The predicted octanol–water partition coefficient (Wildman–Crippen LogP) is 3.58. The molecule has 0 atom stereocenters. The summed E-state index contributed by atoms with van der Waals surface area (Å²) in [5, 5.41) is 15.5. The van der Waals surface area contributed by atoms with Crippen molar-refractivity contribution in [2.45, 2.75) is 38.5 Å². The Morgan fingerprint density at radius 1 is 0.893 bits per heavy atom. The topological polar surface area (TPSA) is 108 Å². The Morgan fingerprint density at radius 3 is 2.07 bits per heavy atom. The van der Waals surface area contributed by atoms with Gasteiger partial charge in [0.1, 0.15) is 0 Å². The third kappa shape index (κ3) is 10.4. The van der Waals surface area contributed by atoms with Gasteiger partial charge in [0.05, 0.1) is 4.88 Å². The number of nitrogens with one attached hydrogen (secondary N) is 3. The van der Waals surface area contributed by atoms with Crippen LogP contribution in [0.15, 0.2) is 47.8 Å². The molecule has 2 rings (SSSR count). The molecule has 0 aliphatic carbocycles. The number of carbonyl (C=O) groups excluding carboxylic acids is 3. The van der Waals surface area contributed by atoms with Crippen LogP contribution in [0.3, 0.4) is 0 Å². The Labute approximate surface area is 169 Å². The third-order valence-electron chi connectivity index (χ3n) is 3.71. The number of thiophene rings is 1. The van der Waals surface area contributed by atoms with Gasteiger partial charge in [-0.1, -0.05) is 37.1 Å². The zero-order valence-electron chi connectivity index (χ0n) is 15.9. The number of hydrogen-bond donors (Lipinski definition) is 4. The van der Waals surface area contributed by atoms with Crippen LogP contribution in [-0.4, -0.2) is 30.0 Å². The van der Waals surface area contributed by atoms with Crippen LogP contribution >= 0.6 is 11.3 Å². The van der Waals surface area contributed by atoms with Gasteiger partial charge in [0.25, 0.3) is 5.91 Å². The summed E-state index contributed by atoms with van der Waals surface area (Å²) in [6.45, 7) is 0. The van der Waals surface area contributed by atoms with Crippen molar-refractivity contribution in [2.24, 2.45) is 0 Å². The molecule has 152 valence electrons. The second-order valence-corrected chi connectivity index (χ2v) is 6.87. The van der Waals surface area contributed by atoms with Crippen LogP contribution in [0.4, 0.5) is 5.69 Å². The molecule has 1 aromatic carbocycles. The van der Waals surface area contributed by atoms with Crippen molar-refractivity contribution in [1.29, 1.82) is 0 Å². The van der Waals surface area contributed by atoms with Crippen molar-refractivity contribution in [3.63, 3.8) is 0 Å². The zero-order chi connectivity index (χ0) is 20.6. The lowest BCUT2D eigenvalue weighted by Gasteiger charge is -2.04. The monoisotopic (exact) mass is 405 g/mol. The number of anilines is 1. The molecule has 0 fully saturated rings. The van der Waals surface area contributed by atoms with Crippen LogP contribution in [0, 0.1) is 0 Å². The fourth-order valence-corrected chi connectivity index (χ4v) is 2.93. The Morgan fingerprint density at radius 2 is 1.54 bits per heavy atom. The zero-order valence-corrected chi connectivity index (χ0v) is 16.8. The van der Waals surface area contributed by atoms with Crippen molar-refractivity contribution in [3.8, 4) is 0 Å². The summed E-state index contributed by atoms with van der Waals surface area (Å²) < 4.78 is 0. The van der Waals surface area contributed by atoms with E-state index >= 15 is 0 Å². The smallest absolute Gasteiger partial charge is 0.261 e. The lowest BCUT2D eigenvalue weighted by molar-refractivity contribution is -0.129. The van der Waals surface area contributed by atoms with E-state index in [1.165, 1.54) is 11.3 Å². The highest BCUT2D eigenvalue weighted by molar-refractivity contribution is 7.12. The van der Waals surface area contributed by atoms with Crippen molar-refractivity contribution in [1.82, 2.24) is 10.8 Å². The molecule has 3 amide bonds. The number of hydroxylamine groups is 1. The SMILES string of the molecule is CNC(=O)c1cccs1.O=C(CCCCCCC(=O)Nc1ccccc1)NO. The molecule has 0 unspecified atom stereocenters. The second-order valence-electron chi connectivity index (χ2n) is 5.92. The van der Waals surface area contributed by atoms with Crippen LogP contribution in [0.1, 0.15) is 48.2 Å². The van der Waals surface area contributed by atoms with Gasteiger partial charge in [-0.15, -0.1) is 11.3 Å². The van der Waals surface area contributed by atoms with Crippen LogP contribution in [0.25, 0.3) is 0 Å². The second kappa shape index (κ2) is 14.4. The summed E-state index contributed by atoms with van der Waals surface area (Å²) in [4.78, 5) is 33.9. The molecule has 0 saturated carbocycles. The number of rotatable bonds is 9. The molecule has 28 heavy (non-hydrogen) atoms. The van der Waals surface area contributed by atoms with E-state index in [0.717, 1.165) is 36.2 Å². The molecular weight excluding hydrogens is 378 g/mol. The Balaban J connectivity index is 0.000000362. The van der Waals surface area contributed by atoms with Crippen LogP contribution < -0.4 is 16.1 Å². The summed E-state index contributed by atoms with van der Waals surface area (Å²) in [5.74, 6) is -0.355. The normalized spacial score (nSPS) is 9.64. The fraction of sp³-hybridized carbons (Fsp3) is 0.350. The molecule has 7 nitrogen and oxygen atoms in total. The maximum atomic E-state index is 11.6. The summed E-state index contributed by atoms with van der Waals surface area (Å²) in [6.07, 6.45) is 4.13. The van der Waals surface area contributed by atoms with E-state index in [2.05, 4.69) is 10.6 Å². The molecule has 0 bridgehead atoms. The molecule has 2 aromatic rings. The highest BCUT2D eigenvalue weighted by Crippen LogP contribution is 2.09. The number of amides is 3. The Bertz CT molecular complexity index is 706. The quantitative estimate of drug-likeness (QED) is 0.290. The van der Waals surface area contributed by atoms with Crippen molar-refractivity contribution >= 4 is 34.7 Å². The predicted molar refractivity (Wildman–Crippen MR) is 110 cm³/mol. The largest absolute Gasteiger partial charge is 0.354 e. The van der Waals surface area contributed by atoms with Gasteiger partial charge in [-0.3, -0.25) is 19.6 Å². The van der Waals surface area contributed by atoms with E-state index in [-0.39, 0.29) is 17.7 Å². The van der Waals surface area contributed by atoms with E-state index in [0.29, 0.717) is 12.8 Å². The van der Waals surface area contributed by atoms with Crippen LogP contribution in [-0.2, 0) is 9.59 Å². The number of para-hydroxylation sites is 1. The maximum Gasteiger partial charge on any atom is 0.261 e. The van der Waals surface area contributed by atoms with Gasteiger partial charge in [0, 0.05) is 25.6 Å².